The van der Waals surface area contributed by atoms with Gasteiger partial charge in [0, 0.05) is 37.3 Å². The number of fused-ring (bicyclic) bond motifs is 1. The first-order valence-corrected chi connectivity index (χ1v) is 10.1. The van der Waals surface area contributed by atoms with E-state index in [2.05, 4.69) is 25.4 Å². The fourth-order valence-electron chi connectivity index (χ4n) is 4.61. The number of nitrogens with zero attached hydrogens (tertiary/aromatic N) is 5. The summed E-state index contributed by atoms with van der Waals surface area (Å²) in [4.78, 5) is 47.5. The van der Waals surface area contributed by atoms with Crippen LogP contribution < -0.4 is 5.56 Å². The molecular weight excluding hydrogens is 386 g/mol. The number of rotatable bonds is 3. The summed E-state index contributed by atoms with van der Waals surface area (Å²) in [6.07, 6.45) is 3.94. The lowest BCUT2D eigenvalue weighted by atomic mass is 9.96. The second-order valence-corrected chi connectivity index (χ2v) is 7.83. The Balaban J connectivity index is 1.31. The Morgan fingerprint density at radius 1 is 1.03 bits per heavy atom. The Kier molecular flexibility index (Phi) is 4.53. The Morgan fingerprint density at radius 3 is 2.77 bits per heavy atom. The third kappa shape index (κ3) is 3.23. The third-order valence-electron chi connectivity index (χ3n) is 6.08. The molecule has 10 heteroatoms. The summed E-state index contributed by atoms with van der Waals surface area (Å²) in [5, 5.41) is 10.7. The summed E-state index contributed by atoms with van der Waals surface area (Å²) in [6, 6.07) is 6.66. The van der Waals surface area contributed by atoms with Crippen molar-refractivity contribution in [2.45, 2.75) is 25.3 Å². The maximum absolute atomic E-state index is 13.2. The standard InChI is InChI=1S/C20H21N7O3/c28-18-9-16(21-11-22-18)20(30)26-7-5-13(10-26)17-2-1-6-27(17)19(29)12-3-4-14-15(8-12)24-25-23-14/h3-4,8-9,11,13,17H,1-2,5-7,10H2,(H,21,22,28)(H,23,24,25). The largest absolute Gasteiger partial charge is 0.337 e. The van der Waals surface area contributed by atoms with Gasteiger partial charge in [0.1, 0.15) is 16.7 Å². The number of nitrogens with one attached hydrogen (secondary N) is 2. The van der Waals surface area contributed by atoms with Crippen LogP contribution in [0.2, 0.25) is 0 Å². The number of hydrogen-bond donors (Lipinski definition) is 2. The van der Waals surface area contributed by atoms with E-state index in [1.165, 1.54) is 12.4 Å². The Hall–Kier alpha value is -3.56. The number of benzene rings is 1. The molecule has 2 aliphatic heterocycles. The maximum Gasteiger partial charge on any atom is 0.272 e. The van der Waals surface area contributed by atoms with Crippen molar-refractivity contribution in [2.75, 3.05) is 19.6 Å². The normalized spacial score (nSPS) is 21.5. The molecule has 2 saturated heterocycles. The molecule has 30 heavy (non-hydrogen) atoms. The Labute approximate surface area is 171 Å². The number of aromatic amines is 2. The summed E-state index contributed by atoms with van der Waals surface area (Å²) >= 11 is 0. The first-order valence-electron chi connectivity index (χ1n) is 10.1. The highest BCUT2D eigenvalue weighted by Gasteiger charge is 2.39. The van der Waals surface area contributed by atoms with Crippen molar-refractivity contribution >= 4 is 22.8 Å². The lowest BCUT2D eigenvalue weighted by molar-refractivity contribution is 0.0680. The smallest absolute Gasteiger partial charge is 0.272 e. The average molecular weight is 407 g/mol. The maximum atomic E-state index is 13.2. The number of likely N-dealkylation sites (tertiary alicyclic amines) is 2. The molecule has 0 bridgehead atoms. The third-order valence-corrected chi connectivity index (χ3v) is 6.08. The zero-order valence-electron chi connectivity index (χ0n) is 16.2. The zero-order chi connectivity index (χ0) is 20.7. The van der Waals surface area contributed by atoms with Gasteiger partial charge < -0.3 is 14.8 Å². The van der Waals surface area contributed by atoms with Crippen molar-refractivity contribution in [2.24, 2.45) is 5.92 Å². The fraction of sp³-hybridized carbons (Fsp3) is 0.400. The van der Waals surface area contributed by atoms with E-state index in [0.29, 0.717) is 30.7 Å². The van der Waals surface area contributed by atoms with Crippen LogP contribution in [-0.4, -0.2) is 72.7 Å². The summed E-state index contributed by atoms with van der Waals surface area (Å²) in [6.45, 7) is 1.87. The van der Waals surface area contributed by atoms with Crippen LogP contribution in [0.5, 0.6) is 0 Å². The number of amides is 2. The Morgan fingerprint density at radius 2 is 1.90 bits per heavy atom. The van der Waals surface area contributed by atoms with Crippen LogP contribution in [0.1, 0.15) is 40.1 Å². The second-order valence-electron chi connectivity index (χ2n) is 7.83. The van der Waals surface area contributed by atoms with Crippen LogP contribution in [0.4, 0.5) is 0 Å². The highest BCUT2D eigenvalue weighted by Crippen LogP contribution is 2.32. The van der Waals surface area contributed by atoms with Gasteiger partial charge in [0.05, 0.1) is 6.33 Å². The van der Waals surface area contributed by atoms with Crippen molar-refractivity contribution in [3.63, 3.8) is 0 Å². The molecule has 0 aliphatic carbocycles. The van der Waals surface area contributed by atoms with E-state index in [1.807, 2.05) is 4.90 Å². The van der Waals surface area contributed by atoms with Crippen LogP contribution in [0.25, 0.3) is 11.0 Å². The molecular formula is C20H21N7O3. The van der Waals surface area contributed by atoms with Gasteiger partial charge in [-0.1, -0.05) is 0 Å². The van der Waals surface area contributed by atoms with Crippen molar-refractivity contribution < 1.29 is 9.59 Å². The minimum Gasteiger partial charge on any atom is -0.337 e. The summed E-state index contributed by atoms with van der Waals surface area (Å²) in [7, 11) is 0. The molecule has 2 N–H and O–H groups in total. The van der Waals surface area contributed by atoms with Gasteiger partial charge in [-0.15, -0.1) is 0 Å². The van der Waals surface area contributed by atoms with Crippen molar-refractivity contribution in [3.05, 3.63) is 52.2 Å². The van der Waals surface area contributed by atoms with Crippen molar-refractivity contribution in [3.8, 4) is 0 Å². The van der Waals surface area contributed by atoms with E-state index in [1.54, 1.807) is 23.1 Å². The van der Waals surface area contributed by atoms with Gasteiger partial charge in [0.2, 0.25) is 0 Å². The molecule has 2 amide bonds. The monoisotopic (exact) mass is 407 g/mol. The highest BCUT2D eigenvalue weighted by molar-refractivity contribution is 5.97. The molecule has 0 radical (unpaired) electrons. The predicted octanol–water partition coefficient (Wildman–Crippen LogP) is 0.808. The van der Waals surface area contributed by atoms with Crippen LogP contribution in [0, 0.1) is 5.92 Å². The van der Waals surface area contributed by atoms with Gasteiger partial charge in [-0.2, -0.15) is 15.4 Å². The quantitative estimate of drug-likeness (QED) is 0.661. The molecule has 0 spiro atoms. The van der Waals surface area contributed by atoms with E-state index in [4.69, 9.17) is 0 Å². The van der Waals surface area contributed by atoms with Crippen LogP contribution >= 0.6 is 0 Å². The van der Waals surface area contributed by atoms with E-state index < -0.39 is 0 Å². The van der Waals surface area contributed by atoms with Gasteiger partial charge in [-0.05, 0) is 43.4 Å². The molecule has 154 valence electrons. The summed E-state index contributed by atoms with van der Waals surface area (Å²) < 4.78 is 0. The second kappa shape index (κ2) is 7.36. The van der Waals surface area contributed by atoms with Gasteiger partial charge in [0.15, 0.2) is 0 Å². The molecule has 5 rings (SSSR count). The van der Waals surface area contributed by atoms with Crippen LogP contribution in [0.3, 0.4) is 0 Å². The number of carbonyl (C=O) groups is 2. The minimum atomic E-state index is -0.347. The van der Waals surface area contributed by atoms with E-state index >= 15 is 0 Å². The summed E-state index contributed by atoms with van der Waals surface area (Å²) in [5.41, 5.74) is 1.80. The van der Waals surface area contributed by atoms with Gasteiger partial charge in [0.25, 0.3) is 17.4 Å². The predicted molar refractivity (Wildman–Crippen MR) is 107 cm³/mol. The van der Waals surface area contributed by atoms with Gasteiger partial charge in [-0.3, -0.25) is 14.4 Å². The molecule has 0 saturated carbocycles. The summed E-state index contributed by atoms with van der Waals surface area (Å²) in [5.74, 6) is -0.0439. The van der Waals surface area contributed by atoms with Crippen molar-refractivity contribution in [1.82, 2.24) is 35.2 Å². The van der Waals surface area contributed by atoms with E-state index in [0.717, 1.165) is 24.8 Å². The SMILES string of the molecule is O=C(c1cc(=O)[nH]cn1)N1CCC(C2CCCN2C(=O)c2ccc3n[nH]nc3c2)C1. The lowest BCUT2D eigenvalue weighted by Gasteiger charge is -2.29. The molecule has 10 nitrogen and oxygen atoms in total. The number of hydrogen-bond acceptors (Lipinski definition) is 6. The molecule has 2 fully saturated rings. The molecule has 2 aliphatic rings. The molecule has 4 heterocycles. The van der Waals surface area contributed by atoms with Gasteiger partial charge >= 0.3 is 0 Å². The van der Waals surface area contributed by atoms with Gasteiger partial charge in [-0.25, -0.2) is 4.98 Å². The Bertz CT molecular complexity index is 1170. The van der Waals surface area contributed by atoms with Crippen LogP contribution in [-0.2, 0) is 0 Å². The van der Waals surface area contributed by atoms with Crippen LogP contribution in [0.15, 0.2) is 35.4 Å². The molecule has 2 unspecified atom stereocenters. The number of aromatic nitrogens is 5. The van der Waals surface area contributed by atoms with E-state index in [-0.39, 0.29) is 35.0 Å². The average Bonchev–Trinajstić information content (AvgIpc) is 3.52. The highest BCUT2D eigenvalue weighted by atomic mass is 16.2. The first kappa shape index (κ1) is 18.5. The zero-order valence-corrected chi connectivity index (χ0v) is 16.2. The molecule has 2 aromatic heterocycles. The number of carbonyl (C=O) groups excluding carboxylic acids is 2. The fourth-order valence-corrected chi connectivity index (χ4v) is 4.61. The number of H-pyrrole nitrogens is 2. The molecule has 3 aromatic rings. The minimum absolute atomic E-state index is 0.0107. The van der Waals surface area contributed by atoms with Crippen molar-refractivity contribution in [1.29, 1.82) is 0 Å². The molecule has 2 atom stereocenters. The molecule has 1 aromatic carbocycles. The first-order chi connectivity index (χ1) is 14.6. The lowest BCUT2D eigenvalue weighted by Crippen LogP contribution is -2.41. The topological polar surface area (TPSA) is 128 Å². The van der Waals surface area contributed by atoms with E-state index in [9.17, 15) is 14.4 Å².